The Labute approximate surface area is 126 Å². The second kappa shape index (κ2) is 5.69. The van der Waals surface area contributed by atoms with Crippen molar-refractivity contribution in [1.82, 2.24) is 9.38 Å². The summed E-state index contributed by atoms with van der Waals surface area (Å²) in [6, 6.07) is 10.5. The number of amides is 2. The van der Waals surface area contributed by atoms with Crippen molar-refractivity contribution >= 4 is 28.8 Å². The van der Waals surface area contributed by atoms with E-state index in [2.05, 4.69) is 15.6 Å². The Hall–Kier alpha value is -3.15. The number of aromatic nitrogens is 2. The molecule has 3 aromatic rings. The summed E-state index contributed by atoms with van der Waals surface area (Å²) in [5, 5.41) is 5.48. The van der Waals surface area contributed by atoms with E-state index in [1.807, 2.05) is 0 Å². The first-order valence-corrected chi connectivity index (χ1v) is 6.73. The molecule has 0 saturated heterocycles. The summed E-state index contributed by atoms with van der Waals surface area (Å²) in [6.45, 7) is 1.44. The van der Waals surface area contributed by atoms with E-state index in [1.54, 1.807) is 59.4 Å². The van der Waals surface area contributed by atoms with Gasteiger partial charge in [0, 0.05) is 36.9 Å². The van der Waals surface area contributed by atoms with E-state index in [9.17, 15) is 9.59 Å². The van der Waals surface area contributed by atoms with Gasteiger partial charge in [0.15, 0.2) is 0 Å². The highest BCUT2D eigenvalue weighted by Crippen LogP contribution is 2.16. The van der Waals surface area contributed by atoms with E-state index in [4.69, 9.17) is 0 Å². The summed E-state index contributed by atoms with van der Waals surface area (Å²) in [4.78, 5) is 27.5. The predicted octanol–water partition coefficient (Wildman–Crippen LogP) is 2.54. The summed E-state index contributed by atoms with van der Waals surface area (Å²) in [5.74, 6) is -0.385. The third-order valence-electron chi connectivity index (χ3n) is 3.09. The van der Waals surface area contributed by atoms with E-state index in [1.165, 1.54) is 6.92 Å². The first-order valence-electron chi connectivity index (χ1n) is 6.73. The Bertz CT molecular complexity index is 854. The third-order valence-corrected chi connectivity index (χ3v) is 3.09. The molecule has 2 heterocycles. The normalized spacial score (nSPS) is 10.4. The molecule has 2 aromatic heterocycles. The van der Waals surface area contributed by atoms with Gasteiger partial charge in [-0.2, -0.15) is 0 Å². The zero-order valence-corrected chi connectivity index (χ0v) is 11.9. The van der Waals surface area contributed by atoms with Crippen LogP contribution >= 0.6 is 0 Å². The maximum Gasteiger partial charge on any atom is 0.257 e. The number of carbonyl (C=O) groups excluding carboxylic acids is 2. The van der Waals surface area contributed by atoms with Crippen molar-refractivity contribution in [3.63, 3.8) is 0 Å². The first-order chi connectivity index (χ1) is 10.6. The van der Waals surface area contributed by atoms with Crippen LogP contribution in [0.1, 0.15) is 17.3 Å². The van der Waals surface area contributed by atoms with Crippen LogP contribution in [-0.4, -0.2) is 21.2 Å². The van der Waals surface area contributed by atoms with Gasteiger partial charge in [-0.25, -0.2) is 4.98 Å². The fraction of sp³-hybridized carbons (Fsp3) is 0.0625. The summed E-state index contributed by atoms with van der Waals surface area (Å²) < 4.78 is 1.78. The van der Waals surface area contributed by atoms with Crippen LogP contribution in [0.15, 0.2) is 55.0 Å². The van der Waals surface area contributed by atoms with Gasteiger partial charge in [0.2, 0.25) is 5.91 Å². The van der Waals surface area contributed by atoms with Gasteiger partial charge in [0.25, 0.3) is 5.91 Å². The Morgan fingerprint density at radius 1 is 1.09 bits per heavy atom. The molecule has 6 heteroatoms. The molecular formula is C16H14N4O2. The molecule has 0 bridgehead atoms. The third kappa shape index (κ3) is 2.95. The van der Waals surface area contributed by atoms with Gasteiger partial charge in [-0.05, 0) is 30.3 Å². The van der Waals surface area contributed by atoms with Crippen LogP contribution in [0.4, 0.5) is 11.4 Å². The first kappa shape index (κ1) is 13.8. The van der Waals surface area contributed by atoms with Crippen molar-refractivity contribution in [2.24, 2.45) is 0 Å². The summed E-state index contributed by atoms with van der Waals surface area (Å²) in [5.41, 5.74) is 2.55. The number of nitrogens with one attached hydrogen (secondary N) is 2. The van der Waals surface area contributed by atoms with Crippen molar-refractivity contribution in [3.8, 4) is 0 Å². The molecule has 0 aliphatic carbocycles. The summed E-state index contributed by atoms with van der Waals surface area (Å²) >= 11 is 0. The lowest BCUT2D eigenvalue weighted by Gasteiger charge is -2.08. The number of anilines is 2. The summed E-state index contributed by atoms with van der Waals surface area (Å²) in [7, 11) is 0. The molecule has 0 unspecified atom stereocenters. The average Bonchev–Trinajstić information content (AvgIpc) is 2.94. The lowest BCUT2D eigenvalue weighted by atomic mass is 10.2. The number of hydrogen-bond acceptors (Lipinski definition) is 3. The largest absolute Gasteiger partial charge is 0.326 e. The van der Waals surface area contributed by atoms with Crippen molar-refractivity contribution in [1.29, 1.82) is 0 Å². The van der Waals surface area contributed by atoms with Crippen LogP contribution in [0.25, 0.3) is 5.65 Å². The smallest absolute Gasteiger partial charge is 0.257 e. The van der Waals surface area contributed by atoms with Gasteiger partial charge >= 0.3 is 0 Å². The molecule has 0 fully saturated rings. The molecule has 2 N–H and O–H groups in total. The minimum absolute atomic E-state index is 0.158. The van der Waals surface area contributed by atoms with Crippen LogP contribution in [0.3, 0.4) is 0 Å². The van der Waals surface area contributed by atoms with Crippen molar-refractivity contribution in [2.75, 3.05) is 10.6 Å². The fourth-order valence-electron chi connectivity index (χ4n) is 2.14. The average molecular weight is 294 g/mol. The molecule has 0 saturated carbocycles. The van der Waals surface area contributed by atoms with Crippen molar-refractivity contribution in [3.05, 3.63) is 60.6 Å². The second-order valence-electron chi connectivity index (χ2n) is 4.83. The molecular weight excluding hydrogens is 280 g/mol. The quantitative estimate of drug-likeness (QED) is 0.779. The highest BCUT2D eigenvalue weighted by atomic mass is 16.2. The van der Waals surface area contributed by atoms with E-state index in [-0.39, 0.29) is 11.8 Å². The number of carbonyl (C=O) groups is 2. The maximum absolute atomic E-state index is 12.3. The van der Waals surface area contributed by atoms with Crippen LogP contribution in [0.2, 0.25) is 0 Å². The zero-order chi connectivity index (χ0) is 15.5. The minimum atomic E-state index is -0.226. The van der Waals surface area contributed by atoms with Gasteiger partial charge in [-0.1, -0.05) is 6.07 Å². The van der Waals surface area contributed by atoms with Crippen LogP contribution < -0.4 is 10.6 Å². The molecule has 2 amide bonds. The number of hydrogen-bond donors (Lipinski definition) is 2. The molecule has 3 rings (SSSR count). The number of imidazole rings is 1. The van der Waals surface area contributed by atoms with Crippen molar-refractivity contribution in [2.45, 2.75) is 6.92 Å². The van der Waals surface area contributed by atoms with E-state index in [0.717, 1.165) is 5.65 Å². The molecule has 0 radical (unpaired) electrons. The van der Waals surface area contributed by atoms with Gasteiger partial charge < -0.3 is 15.0 Å². The molecule has 0 spiro atoms. The molecule has 0 aliphatic rings. The minimum Gasteiger partial charge on any atom is -0.326 e. The molecule has 110 valence electrons. The van der Waals surface area contributed by atoms with Gasteiger partial charge in [0.05, 0.1) is 5.56 Å². The number of fused-ring (bicyclic) bond motifs is 1. The van der Waals surface area contributed by atoms with Crippen molar-refractivity contribution < 1.29 is 9.59 Å². The molecule has 0 atom stereocenters. The molecule has 0 aliphatic heterocycles. The topological polar surface area (TPSA) is 75.5 Å². The number of nitrogens with zero attached hydrogens (tertiary/aromatic N) is 2. The fourth-order valence-corrected chi connectivity index (χ4v) is 2.14. The SMILES string of the molecule is CC(=O)Nc1cccc(NC(=O)c2ccc3nccn3c2)c1. The lowest BCUT2D eigenvalue weighted by Crippen LogP contribution is -2.13. The molecule has 6 nitrogen and oxygen atoms in total. The monoisotopic (exact) mass is 294 g/mol. The predicted molar refractivity (Wildman–Crippen MR) is 83.9 cm³/mol. The Kier molecular flexibility index (Phi) is 3.57. The molecule has 1 aromatic carbocycles. The lowest BCUT2D eigenvalue weighted by molar-refractivity contribution is -0.114. The highest BCUT2D eigenvalue weighted by Gasteiger charge is 2.08. The second-order valence-corrected chi connectivity index (χ2v) is 4.83. The van der Waals surface area contributed by atoms with Gasteiger partial charge in [-0.15, -0.1) is 0 Å². The standard InChI is InChI=1S/C16H14N4O2/c1-11(21)18-13-3-2-4-14(9-13)19-16(22)12-5-6-15-17-7-8-20(15)10-12/h2-10H,1H3,(H,18,21)(H,19,22). The number of rotatable bonds is 3. The Balaban J connectivity index is 1.79. The van der Waals surface area contributed by atoms with Gasteiger partial charge in [0.1, 0.15) is 5.65 Å². The summed E-state index contributed by atoms with van der Waals surface area (Å²) in [6.07, 6.45) is 5.17. The zero-order valence-electron chi connectivity index (χ0n) is 11.9. The van der Waals surface area contributed by atoms with E-state index in [0.29, 0.717) is 16.9 Å². The number of pyridine rings is 1. The van der Waals surface area contributed by atoms with Crippen LogP contribution in [0.5, 0.6) is 0 Å². The van der Waals surface area contributed by atoms with E-state index >= 15 is 0 Å². The van der Waals surface area contributed by atoms with Crippen LogP contribution in [-0.2, 0) is 4.79 Å². The maximum atomic E-state index is 12.3. The number of benzene rings is 1. The highest BCUT2D eigenvalue weighted by molar-refractivity contribution is 6.04. The molecule has 22 heavy (non-hydrogen) atoms. The van der Waals surface area contributed by atoms with Gasteiger partial charge in [-0.3, -0.25) is 9.59 Å². The van der Waals surface area contributed by atoms with Crippen LogP contribution in [0, 0.1) is 0 Å². The Morgan fingerprint density at radius 3 is 2.64 bits per heavy atom. The van der Waals surface area contributed by atoms with E-state index < -0.39 is 0 Å². The Morgan fingerprint density at radius 2 is 1.86 bits per heavy atom.